The summed E-state index contributed by atoms with van der Waals surface area (Å²) in [5, 5.41) is 3.24. The highest BCUT2D eigenvalue weighted by Crippen LogP contribution is 2.16. The number of hydrogen-bond donors (Lipinski definition) is 2. The van der Waals surface area contributed by atoms with E-state index in [4.69, 9.17) is 0 Å². The molecule has 0 fully saturated rings. The molecule has 84 valence electrons. The van der Waals surface area contributed by atoms with E-state index in [0.717, 1.165) is 17.8 Å². The molecule has 2 aromatic heterocycles. The van der Waals surface area contributed by atoms with Gasteiger partial charge in [0.05, 0.1) is 6.04 Å². The molecule has 16 heavy (non-hydrogen) atoms. The average Bonchev–Trinajstić information content (AvgIpc) is 2.82. The predicted molar refractivity (Wildman–Crippen MR) is 62.0 cm³/mol. The van der Waals surface area contributed by atoms with Gasteiger partial charge >= 0.3 is 0 Å². The summed E-state index contributed by atoms with van der Waals surface area (Å²) < 4.78 is 0. The fraction of sp³-hybridized carbons (Fsp3) is 0.364. The van der Waals surface area contributed by atoms with E-state index in [1.807, 2.05) is 13.1 Å². The SMILES string of the molecule is CCC(Nc1ncc(C)cn1)c1ncc[nH]1. The van der Waals surface area contributed by atoms with Crippen LogP contribution in [0.2, 0.25) is 0 Å². The Morgan fingerprint density at radius 1 is 1.31 bits per heavy atom. The van der Waals surface area contributed by atoms with Gasteiger partial charge in [0.1, 0.15) is 5.82 Å². The van der Waals surface area contributed by atoms with Crippen LogP contribution in [0.3, 0.4) is 0 Å². The maximum absolute atomic E-state index is 4.23. The Labute approximate surface area is 94.4 Å². The smallest absolute Gasteiger partial charge is 0.223 e. The Bertz CT molecular complexity index is 420. The maximum atomic E-state index is 4.23. The van der Waals surface area contributed by atoms with Crippen LogP contribution < -0.4 is 5.32 Å². The fourth-order valence-electron chi connectivity index (χ4n) is 1.45. The van der Waals surface area contributed by atoms with Crippen molar-refractivity contribution in [3.05, 3.63) is 36.2 Å². The predicted octanol–water partition coefficient (Wildman–Crippen LogP) is 2.07. The molecule has 0 radical (unpaired) electrons. The van der Waals surface area contributed by atoms with E-state index < -0.39 is 0 Å². The molecule has 1 unspecified atom stereocenters. The number of rotatable bonds is 4. The minimum atomic E-state index is 0.123. The van der Waals surface area contributed by atoms with Gasteiger partial charge in [0.25, 0.3) is 0 Å². The van der Waals surface area contributed by atoms with Crippen molar-refractivity contribution >= 4 is 5.95 Å². The highest BCUT2D eigenvalue weighted by atomic mass is 15.1. The first-order valence-corrected chi connectivity index (χ1v) is 5.34. The molecule has 0 aliphatic heterocycles. The number of nitrogens with one attached hydrogen (secondary N) is 2. The van der Waals surface area contributed by atoms with Crippen molar-refractivity contribution in [2.24, 2.45) is 0 Å². The monoisotopic (exact) mass is 217 g/mol. The van der Waals surface area contributed by atoms with Crippen LogP contribution in [0.25, 0.3) is 0 Å². The highest BCUT2D eigenvalue weighted by molar-refractivity contribution is 5.27. The number of aromatic nitrogens is 4. The van der Waals surface area contributed by atoms with Gasteiger partial charge in [-0.25, -0.2) is 15.0 Å². The van der Waals surface area contributed by atoms with Gasteiger partial charge in [-0.3, -0.25) is 0 Å². The number of hydrogen-bond acceptors (Lipinski definition) is 4. The summed E-state index contributed by atoms with van der Waals surface area (Å²) >= 11 is 0. The third kappa shape index (κ3) is 2.36. The van der Waals surface area contributed by atoms with E-state index in [2.05, 4.69) is 32.2 Å². The van der Waals surface area contributed by atoms with Crippen LogP contribution in [0.1, 0.15) is 30.8 Å². The van der Waals surface area contributed by atoms with E-state index in [1.165, 1.54) is 0 Å². The summed E-state index contributed by atoms with van der Waals surface area (Å²) in [6.45, 7) is 4.06. The molecule has 2 aromatic rings. The summed E-state index contributed by atoms with van der Waals surface area (Å²) in [6, 6.07) is 0.123. The third-order valence-electron chi connectivity index (χ3n) is 2.34. The van der Waals surface area contributed by atoms with Crippen molar-refractivity contribution in [2.45, 2.75) is 26.3 Å². The summed E-state index contributed by atoms with van der Waals surface area (Å²) in [6.07, 6.45) is 8.07. The van der Waals surface area contributed by atoms with Crippen LogP contribution in [-0.2, 0) is 0 Å². The molecular weight excluding hydrogens is 202 g/mol. The van der Waals surface area contributed by atoms with Crippen molar-refractivity contribution in [2.75, 3.05) is 5.32 Å². The number of aromatic amines is 1. The second-order valence-corrected chi connectivity index (χ2v) is 3.66. The zero-order chi connectivity index (χ0) is 11.4. The number of nitrogens with zero attached hydrogens (tertiary/aromatic N) is 3. The zero-order valence-electron chi connectivity index (χ0n) is 9.44. The second kappa shape index (κ2) is 4.74. The summed E-state index contributed by atoms with van der Waals surface area (Å²) in [5.74, 6) is 1.54. The van der Waals surface area contributed by atoms with Crippen LogP contribution >= 0.6 is 0 Å². The first kappa shape index (κ1) is 10.6. The van der Waals surface area contributed by atoms with Gasteiger partial charge in [0.15, 0.2) is 0 Å². The molecule has 0 bridgehead atoms. The molecule has 2 heterocycles. The van der Waals surface area contributed by atoms with E-state index >= 15 is 0 Å². The molecule has 2 rings (SSSR count). The van der Waals surface area contributed by atoms with E-state index in [1.54, 1.807) is 18.6 Å². The normalized spacial score (nSPS) is 12.4. The van der Waals surface area contributed by atoms with Gasteiger partial charge < -0.3 is 10.3 Å². The molecule has 1 atom stereocenters. The Morgan fingerprint density at radius 2 is 2.06 bits per heavy atom. The Balaban J connectivity index is 2.10. The van der Waals surface area contributed by atoms with E-state index in [-0.39, 0.29) is 6.04 Å². The first-order valence-electron chi connectivity index (χ1n) is 5.34. The van der Waals surface area contributed by atoms with Crippen molar-refractivity contribution in [1.82, 2.24) is 19.9 Å². The highest BCUT2D eigenvalue weighted by Gasteiger charge is 2.12. The molecule has 5 nitrogen and oxygen atoms in total. The molecule has 0 amide bonds. The maximum Gasteiger partial charge on any atom is 0.223 e. The van der Waals surface area contributed by atoms with Gasteiger partial charge in [0.2, 0.25) is 5.95 Å². The molecule has 0 saturated heterocycles. The second-order valence-electron chi connectivity index (χ2n) is 3.66. The van der Waals surface area contributed by atoms with Crippen LogP contribution in [0.15, 0.2) is 24.8 Å². The lowest BCUT2D eigenvalue weighted by molar-refractivity contribution is 0.695. The van der Waals surface area contributed by atoms with Crippen LogP contribution in [0.4, 0.5) is 5.95 Å². The first-order chi connectivity index (χ1) is 7.79. The van der Waals surface area contributed by atoms with Crippen LogP contribution in [0.5, 0.6) is 0 Å². The lowest BCUT2D eigenvalue weighted by Crippen LogP contribution is -2.13. The summed E-state index contributed by atoms with van der Waals surface area (Å²) in [4.78, 5) is 15.7. The van der Waals surface area contributed by atoms with Gasteiger partial charge in [-0.15, -0.1) is 0 Å². The average molecular weight is 217 g/mol. The van der Waals surface area contributed by atoms with Crippen LogP contribution in [0, 0.1) is 6.92 Å². The van der Waals surface area contributed by atoms with Crippen molar-refractivity contribution < 1.29 is 0 Å². The minimum absolute atomic E-state index is 0.123. The largest absolute Gasteiger partial charge is 0.347 e. The van der Waals surface area contributed by atoms with Crippen molar-refractivity contribution in [3.63, 3.8) is 0 Å². The van der Waals surface area contributed by atoms with E-state index in [9.17, 15) is 0 Å². The van der Waals surface area contributed by atoms with Gasteiger partial charge in [-0.2, -0.15) is 0 Å². The molecule has 2 N–H and O–H groups in total. The molecule has 0 aliphatic rings. The topological polar surface area (TPSA) is 66.5 Å². The third-order valence-corrected chi connectivity index (χ3v) is 2.34. The van der Waals surface area contributed by atoms with Gasteiger partial charge in [-0.1, -0.05) is 6.92 Å². The lowest BCUT2D eigenvalue weighted by atomic mass is 10.2. The lowest BCUT2D eigenvalue weighted by Gasteiger charge is -2.14. The Hall–Kier alpha value is -1.91. The van der Waals surface area contributed by atoms with Crippen LogP contribution in [-0.4, -0.2) is 19.9 Å². The quantitative estimate of drug-likeness (QED) is 0.822. The van der Waals surface area contributed by atoms with Crippen molar-refractivity contribution in [3.8, 4) is 0 Å². The fourth-order valence-corrected chi connectivity index (χ4v) is 1.45. The standard InChI is InChI=1S/C11H15N5/c1-3-9(10-12-4-5-13-10)16-11-14-6-8(2)7-15-11/h4-7,9H,3H2,1-2H3,(H,12,13)(H,14,15,16). The molecular formula is C11H15N5. The van der Waals surface area contributed by atoms with Crippen molar-refractivity contribution in [1.29, 1.82) is 0 Å². The zero-order valence-corrected chi connectivity index (χ0v) is 9.44. The molecule has 0 saturated carbocycles. The Kier molecular flexibility index (Phi) is 3.14. The minimum Gasteiger partial charge on any atom is -0.347 e. The Morgan fingerprint density at radius 3 is 2.62 bits per heavy atom. The number of anilines is 1. The number of aryl methyl sites for hydroxylation is 1. The molecule has 0 spiro atoms. The molecule has 5 heteroatoms. The summed E-state index contributed by atoms with van der Waals surface area (Å²) in [7, 11) is 0. The summed E-state index contributed by atoms with van der Waals surface area (Å²) in [5.41, 5.74) is 1.05. The molecule has 0 aromatic carbocycles. The van der Waals surface area contributed by atoms with Gasteiger partial charge in [0, 0.05) is 24.8 Å². The molecule has 0 aliphatic carbocycles. The van der Waals surface area contributed by atoms with E-state index in [0.29, 0.717) is 5.95 Å². The number of imidazole rings is 1. The van der Waals surface area contributed by atoms with Gasteiger partial charge in [-0.05, 0) is 18.9 Å². The number of H-pyrrole nitrogens is 1.